The fraction of sp³-hybridized carbons (Fsp3) is 0.667. The number of amides is 1. The summed E-state index contributed by atoms with van der Waals surface area (Å²) in [5.41, 5.74) is 1.98. The van der Waals surface area contributed by atoms with Gasteiger partial charge in [0, 0.05) is 43.4 Å². The minimum Gasteiger partial charge on any atom is -0.396 e. The van der Waals surface area contributed by atoms with E-state index in [-0.39, 0.29) is 24.1 Å². The summed E-state index contributed by atoms with van der Waals surface area (Å²) in [5.74, 6) is 0.0126. The van der Waals surface area contributed by atoms with Gasteiger partial charge in [0.05, 0.1) is 13.2 Å². The van der Waals surface area contributed by atoms with Gasteiger partial charge in [-0.05, 0) is 25.8 Å². The molecule has 0 radical (unpaired) electrons. The van der Waals surface area contributed by atoms with E-state index in [1.54, 1.807) is 11.8 Å². The molecule has 1 amide bonds. The summed E-state index contributed by atoms with van der Waals surface area (Å²) >= 11 is 0. The van der Waals surface area contributed by atoms with Crippen LogP contribution in [0.1, 0.15) is 23.4 Å². The van der Waals surface area contributed by atoms with Crippen LogP contribution in [0.5, 0.6) is 0 Å². The largest absolute Gasteiger partial charge is 0.396 e. The van der Waals surface area contributed by atoms with E-state index < -0.39 is 0 Å². The fourth-order valence-electron chi connectivity index (χ4n) is 2.73. The molecule has 0 bridgehead atoms. The summed E-state index contributed by atoms with van der Waals surface area (Å²) in [6.07, 6.45) is 0.898. The highest BCUT2D eigenvalue weighted by molar-refractivity contribution is 5.76. The first kappa shape index (κ1) is 16.6. The quantitative estimate of drug-likeness (QED) is 0.802. The molecule has 0 saturated carbocycles. The minimum absolute atomic E-state index is 0.0197. The molecule has 1 fully saturated rings. The average molecular weight is 309 g/mol. The van der Waals surface area contributed by atoms with Crippen molar-refractivity contribution in [2.24, 2.45) is 5.92 Å². The molecule has 1 aromatic heterocycles. The van der Waals surface area contributed by atoms with Gasteiger partial charge in [-0.15, -0.1) is 0 Å². The third-order valence-electron chi connectivity index (χ3n) is 3.99. The molecule has 7 nitrogen and oxygen atoms in total. The van der Waals surface area contributed by atoms with E-state index in [0.29, 0.717) is 44.8 Å². The topological polar surface area (TPSA) is 95.5 Å². The molecule has 1 unspecified atom stereocenters. The molecule has 1 atom stereocenters. The van der Waals surface area contributed by atoms with E-state index in [2.05, 4.69) is 9.97 Å². The molecule has 1 aliphatic heterocycles. The number of aryl methyl sites for hydroxylation is 2. The van der Waals surface area contributed by atoms with Crippen LogP contribution in [0.4, 0.5) is 0 Å². The van der Waals surface area contributed by atoms with E-state index in [4.69, 9.17) is 4.74 Å². The van der Waals surface area contributed by atoms with Gasteiger partial charge in [0.15, 0.2) is 0 Å². The lowest BCUT2D eigenvalue weighted by molar-refractivity contribution is -0.131. The Morgan fingerprint density at radius 2 is 2.27 bits per heavy atom. The van der Waals surface area contributed by atoms with Crippen LogP contribution in [-0.4, -0.2) is 58.8 Å². The van der Waals surface area contributed by atoms with Crippen LogP contribution < -0.4 is 5.69 Å². The summed E-state index contributed by atoms with van der Waals surface area (Å²) in [7, 11) is 0. The van der Waals surface area contributed by atoms with Gasteiger partial charge in [0.2, 0.25) is 5.91 Å². The first-order valence-corrected chi connectivity index (χ1v) is 7.54. The Hall–Kier alpha value is -1.73. The van der Waals surface area contributed by atoms with Crippen molar-refractivity contribution < 1.29 is 14.6 Å². The van der Waals surface area contributed by atoms with Crippen molar-refractivity contribution in [3.05, 3.63) is 27.4 Å². The normalized spacial score (nSPS) is 19.0. The van der Waals surface area contributed by atoms with Gasteiger partial charge in [-0.2, -0.15) is 4.98 Å². The van der Waals surface area contributed by atoms with Crippen molar-refractivity contribution in [3.63, 3.8) is 0 Å². The van der Waals surface area contributed by atoms with E-state index in [9.17, 15) is 14.7 Å². The number of aliphatic hydroxyl groups excluding tert-OH is 1. The van der Waals surface area contributed by atoms with Crippen molar-refractivity contribution >= 4 is 5.91 Å². The monoisotopic (exact) mass is 309 g/mol. The van der Waals surface area contributed by atoms with Crippen molar-refractivity contribution in [2.75, 3.05) is 32.9 Å². The summed E-state index contributed by atoms with van der Waals surface area (Å²) < 4.78 is 5.39. The van der Waals surface area contributed by atoms with Gasteiger partial charge in [-0.25, -0.2) is 4.79 Å². The molecule has 1 aromatic rings. The summed E-state index contributed by atoms with van der Waals surface area (Å²) in [6, 6.07) is 0. The maximum Gasteiger partial charge on any atom is 0.345 e. The zero-order valence-corrected chi connectivity index (χ0v) is 13.1. The van der Waals surface area contributed by atoms with Crippen LogP contribution in [0.25, 0.3) is 0 Å². The van der Waals surface area contributed by atoms with Crippen LogP contribution in [0.15, 0.2) is 4.79 Å². The van der Waals surface area contributed by atoms with Crippen LogP contribution in [0, 0.1) is 19.8 Å². The number of H-pyrrole nitrogens is 1. The van der Waals surface area contributed by atoms with Gasteiger partial charge < -0.3 is 19.7 Å². The Bertz CT molecular complexity index is 558. The number of carbonyl (C=O) groups is 1. The third kappa shape index (κ3) is 4.14. The molecule has 0 aliphatic carbocycles. The number of hydrogen-bond donors (Lipinski definition) is 2. The number of aromatic nitrogens is 2. The van der Waals surface area contributed by atoms with Crippen LogP contribution >= 0.6 is 0 Å². The molecular formula is C15H23N3O4. The Morgan fingerprint density at radius 1 is 1.50 bits per heavy atom. The molecule has 122 valence electrons. The zero-order valence-electron chi connectivity index (χ0n) is 13.1. The van der Waals surface area contributed by atoms with Crippen molar-refractivity contribution in [1.82, 2.24) is 14.9 Å². The lowest BCUT2D eigenvalue weighted by Gasteiger charge is -2.23. The predicted octanol–water partition coefficient (Wildman–Crippen LogP) is -0.213. The summed E-state index contributed by atoms with van der Waals surface area (Å²) in [4.78, 5) is 31.9. The first-order chi connectivity index (χ1) is 10.5. The second-order valence-corrected chi connectivity index (χ2v) is 5.69. The molecule has 7 heteroatoms. The highest BCUT2D eigenvalue weighted by Crippen LogP contribution is 2.13. The zero-order chi connectivity index (χ0) is 16.1. The molecule has 22 heavy (non-hydrogen) atoms. The Morgan fingerprint density at radius 3 is 2.95 bits per heavy atom. The highest BCUT2D eigenvalue weighted by Gasteiger charge is 2.22. The highest BCUT2D eigenvalue weighted by atomic mass is 16.5. The van der Waals surface area contributed by atoms with Gasteiger partial charge >= 0.3 is 5.69 Å². The molecular weight excluding hydrogens is 286 g/mol. The number of rotatable bonds is 4. The van der Waals surface area contributed by atoms with Crippen molar-refractivity contribution in [3.8, 4) is 0 Å². The second kappa shape index (κ2) is 7.51. The average Bonchev–Trinajstić information content (AvgIpc) is 2.71. The summed E-state index contributed by atoms with van der Waals surface area (Å²) in [5, 5.41) is 9.26. The fourth-order valence-corrected chi connectivity index (χ4v) is 2.73. The lowest BCUT2D eigenvalue weighted by Crippen LogP contribution is -2.37. The molecule has 2 rings (SSSR count). The van der Waals surface area contributed by atoms with Gasteiger partial charge in [-0.3, -0.25) is 4.79 Å². The summed E-state index contributed by atoms with van der Waals surface area (Å²) in [6.45, 7) is 5.68. The number of nitrogens with zero attached hydrogens (tertiary/aromatic N) is 2. The number of carbonyl (C=O) groups excluding carboxylic acids is 1. The Labute approximate surface area is 129 Å². The number of aliphatic hydroxyl groups is 1. The molecule has 0 aromatic carbocycles. The smallest absolute Gasteiger partial charge is 0.345 e. The first-order valence-electron chi connectivity index (χ1n) is 7.54. The Kier molecular flexibility index (Phi) is 5.68. The molecule has 2 N–H and O–H groups in total. The van der Waals surface area contributed by atoms with Crippen molar-refractivity contribution in [1.29, 1.82) is 0 Å². The van der Waals surface area contributed by atoms with Crippen molar-refractivity contribution in [2.45, 2.75) is 26.7 Å². The molecule has 1 saturated heterocycles. The standard InChI is InChI=1S/C15H23N3O4/c1-10-13(11(2)17-15(21)16-10)3-4-14(20)18-5-6-22-9-12(7-18)8-19/h12,19H,3-9H2,1-2H3,(H,16,17,21). The van der Waals surface area contributed by atoms with Gasteiger partial charge in [-0.1, -0.05) is 0 Å². The lowest BCUT2D eigenvalue weighted by atomic mass is 10.1. The predicted molar refractivity (Wildman–Crippen MR) is 80.6 cm³/mol. The Balaban J connectivity index is 1.99. The SMILES string of the molecule is Cc1nc(=O)[nH]c(C)c1CCC(=O)N1CCOCC(CO)C1. The molecule has 0 spiro atoms. The number of nitrogens with one attached hydrogen (secondary N) is 1. The van der Waals surface area contributed by atoms with E-state index in [1.165, 1.54) is 0 Å². The van der Waals surface area contributed by atoms with E-state index in [0.717, 1.165) is 11.3 Å². The van der Waals surface area contributed by atoms with Gasteiger partial charge in [0.1, 0.15) is 0 Å². The van der Waals surface area contributed by atoms with Gasteiger partial charge in [0.25, 0.3) is 0 Å². The van der Waals surface area contributed by atoms with E-state index >= 15 is 0 Å². The second-order valence-electron chi connectivity index (χ2n) is 5.69. The number of ether oxygens (including phenoxy) is 1. The molecule has 1 aliphatic rings. The minimum atomic E-state index is -0.361. The number of aromatic amines is 1. The van der Waals surface area contributed by atoms with Crippen LogP contribution in [-0.2, 0) is 16.0 Å². The molecule has 2 heterocycles. The maximum atomic E-state index is 12.4. The van der Waals surface area contributed by atoms with E-state index in [1.807, 2.05) is 6.92 Å². The number of hydrogen-bond acceptors (Lipinski definition) is 5. The van der Waals surface area contributed by atoms with Crippen LogP contribution in [0.2, 0.25) is 0 Å². The maximum absolute atomic E-state index is 12.4. The van der Waals surface area contributed by atoms with Crippen LogP contribution in [0.3, 0.4) is 0 Å². The third-order valence-corrected chi connectivity index (χ3v) is 3.99.